The summed E-state index contributed by atoms with van der Waals surface area (Å²) in [5, 5.41) is 11.6. The minimum absolute atomic E-state index is 0.117. The topological polar surface area (TPSA) is 43.1 Å². The molecule has 0 aliphatic carbocycles. The lowest BCUT2D eigenvalue weighted by Gasteiger charge is -1.95. The molecule has 1 aromatic carbocycles. The van der Waals surface area contributed by atoms with Gasteiger partial charge in [0, 0.05) is 16.2 Å². The summed E-state index contributed by atoms with van der Waals surface area (Å²) in [5.41, 5.74) is 0.117. The number of nitro benzene ring substituents is 1. The minimum Gasteiger partial charge on any atom is -0.258 e. The highest BCUT2D eigenvalue weighted by atomic mass is 127. The van der Waals surface area contributed by atoms with Gasteiger partial charge >= 0.3 is 0 Å². The first-order chi connectivity index (χ1) is 6.59. The minimum atomic E-state index is -0.381. The maximum absolute atomic E-state index is 10.6. The van der Waals surface area contributed by atoms with Gasteiger partial charge in [-0.05, 0) is 50.7 Å². The van der Waals surface area contributed by atoms with Crippen molar-refractivity contribution < 1.29 is 4.92 Å². The molecule has 0 amide bonds. The van der Waals surface area contributed by atoms with E-state index in [9.17, 15) is 10.1 Å². The second kappa shape index (κ2) is 3.74. The zero-order valence-electron chi connectivity index (χ0n) is 6.66. The molecule has 14 heavy (non-hydrogen) atoms. The molecule has 0 aliphatic rings. The van der Waals surface area contributed by atoms with Crippen LogP contribution in [0.5, 0.6) is 0 Å². The van der Waals surface area contributed by atoms with Crippen LogP contribution in [0.15, 0.2) is 22.7 Å². The van der Waals surface area contributed by atoms with Gasteiger partial charge in [0.2, 0.25) is 0 Å². The molecule has 0 atom stereocenters. The second-order valence-electron chi connectivity index (χ2n) is 2.62. The third kappa shape index (κ3) is 1.66. The molecule has 72 valence electrons. The Morgan fingerprint density at radius 2 is 2.21 bits per heavy atom. The molecule has 0 unspecified atom stereocenters. The van der Waals surface area contributed by atoms with E-state index < -0.39 is 0 Å². The monoisotopic (exact) mass is 383 g/mol. The van der Waals surface area contributed by atoms with Gasteiger partial charge in [0.1, 0.15) is 4.47 Å². The summed E-state index contributed by atoms with van der Waals surface area (Å²) in [5.74, 6) is 0. The summed E-state index contributed by atoms with van der Waals surface area (Å²) in [6.07, 6.45) is 0. The van der Waals surface area contributed by atoms with E-state index in [2.05, 4.69) is 38.5 Å². The summed E-state index contributed by atoms with van der Waals surface area (Å²) >= 11 is 7.08. The standard InChI is InChI=1S/C8H3BrINO2S/c9-8-4-3-7(10)14-6(4)2-1-5(8)11(12)13/h1-3H. The van der Waals surface area contributed by atoms with Crippen molar-refractivity contribution in [3.05, 3.63) is 35.7 Å². The Morgan fingerprint density at radius 3 is 2.86 bits per heavy atom. The van der Waals surface area contributed by atoms with Crippen LogP contribution in [-0.4, -0.2) is 4.92 Å². The number of thiophene rings is 1. The van der Waals surface area contributed by atoms with E-state index in [4.69, 9.17) is 0 Å². The zero-order valence-corrected chi connectivity index (χ0v) is 11.2. The summed E-state index contributed by atoms with van der Waals surface area (Å²) in [6, 6.07) is 5.25. The third-order valence-electron chi connectivity index (χ3n) is 1.78. The molecule has 0 saturated carbocycles. The third-order valence-corrected chi connectivity index (χ3v) is 4.48. The molecule has 0 fully saturated rings. The van der Waals surface area contributed by atoms with Crippen molar-refractivity contribution in [2.75, 3.05) is 0 Å². The van der Waals surface area contributed by atoms with Crippen molar-refractivity contribution in [3.8, 4) is 0 Å². The normalized spacial score (nSPS) is 10.7. The average Bonchev–Trinajstić information content (AvgIpc) is 2.46. The van der Waals surface area contributed by atoms with E-state index in [0.717, 1.165) is 13.0 Å². The number of rotatable bonds is 1. The number of nitrogens with zero attached hydrogens (tertiary/aromatic N) is 1. The van der Waals surface area contributed by atoms with Crippen LogP contribution in [0, 0.1) is 13.0 Å². The van der Waals surface area contributed by atoms with Gasteiger partial charge in [-0.2, -0.15) is 0 Å². The Balaban J connectivity index is 2.80. The van der Waals surface area contributed by atoms with Crippen LogP contribution >= 0.6 is 49.9 Å². The van der Waals surface area contributed by atoms with Crippen LogP contribution in [0.4, 0.5) is 5.69 Å². The molecule has 0 bridgehead atoms. The summed E-state index contributed by atoms with van der Waals surface area (Å²) < 4.78 is 2.75. The molecule has 2 aromatic rings. The fourth-order valence-electron chi connectivity index (χ4n) is 1.18. The molecule has 0 spiro atoms. The predicted octanol–water partition coefficient (Wildman–Crippen LogP) is 4.18. The van der Waals surface area contributed by atoms with Gasteiger partial charge in [-0.1, -0.05) is 0 Å². The number of nitro groups is 1. The summed E-state index contributed by atoms with van der Waals surface area (Å²) in [7, 11) is 0. The van der Waals surface area contributed by atoms with E-state index in [-0.39, 0.29) is 10.6 Å². The molecule has 0 aliphatic heterocycles. The lowest BCUT2D eigenvalue weighted by Crippen LogP contribution is -1.88. The van der Waals surface area contributed by atoms with Crippen molar-refractivity contribution >= 4 is 65.6 Å². The number of hydrogen-bond donors (Lipinski definition) is 0. The molecule has 1 aromatic heterocycles. The quantitative estimate of drug-likeness (QED) is 0.421. The van der Waals surface area contributed by atoms with E-state index in [1.165, 1.54) is 6.07 Å². The zero-order chi connectivity index (χ0) is 10.3. The predicted molar refractivity (Wildman–Crippen MR) is 68.9 cm³/mol. The van der Waals surface area contributed by atoms with Crippen LogP contribution in [0.2, 0.25) is 0 Å². The Kier molecular flexibility index (Phi) is 2.76. The van der Waals surface area contributed by atoms with Gasteiger partial charge in [0.05, 0.1) is 7.81 Å². The Bertz CT molecular complexity index is 525. The highest BCUT2D eigenvalue weighted by molar-refractivity contribution is 14.1. The van der Waals surface area contributed by atoms with Crippen LogP contribution in [0.3, 0.4) is 0 Å². The molecule has 0 N–H and O–H groups in total. The molecule has 1 heterocycles. The molecule has 0 saturated heterocycles. The first-order valence-corrected chi connectivity index (χ1v) is 6.30. The maximum atomic E-state index is 10.6. The van der Waals surface area contributed by atoms with E-state index in [1.807, 2.05) is 6.07 Å². The van der Waals surface area contributed by atoms with Crippen molar-refractivity contribution in [1.29, 1.82) is 0 Å². The molecular weight excluding hydrogens is 381 g/mol. The molecule has 2 rings (SSSR count). The van der Waals surface area contributed by atoms with Crippen molar-refractivity contribution in [2.24, 2.45) is 0 Å². The summed E-state index contributed by atoms with van der Waals surface area (Å²) in [6.45, 7) is 0. The van der Waals surface area contributed by atoms with Crippen molar-refractivity contribution in [3.63, 3.8) is 0 Å². The SMILES string of the molecule is O=[N+]([O-])c1ccc2sc(I)cc2c1Br. The molecule has 0 radical (unpaired) electrons. The Labute approximate surface area is 106 Å². The number of hydrogen-bond acceptors (Lipinski definition) is 3. The van der Waals surface area contributed by atoms with Gasteiger partial charge in [-0.15, -0.1) is 11.3 Å². The van der Waals surface area contributed by atoms with E-state index >= 15 is 0 Å². The highest BCUT2D eigenvalue weighted by Crippen LogP contribution is 2.37. The maximum Gasteiger partial charge on any atom is 0.284 e. The smallest absolute Gasteiger partial charge is 0.258 e. The van der Waals surface area contributed by atoms with Gasteiger partial charge < -0.3 is 0 Å². The van der Waals surface area contributed by atoms with Gasteiger partial charge in [-0.3, -0.25) is 10.1 Å². The average molecular weight is 384 g/mol. The van der Waals surface area contributed by atoms with Crippen LogP contribution in [0.1, 0.15) is 0 Å². The fraction of sp³-hybridized carbons (Fsp3) is 0. The molecule has 3 nitrogen and oxygen atoms in total. The number of halogens is 2. The van der Waals surface area contributed by atoms with Gasteiger partial charge in [0.15, 0.2) is 0 Å². The highest BCUT2D eigenvalue weighted by Gasteiger charge is 2.15. The second-order valence-corrected chi connectivity index (χ2v) is 6.39. The lowest BCUT2D eigenvalue weighted by molar-refractivity contribution is -0.385. The molecular formula is C8H3BrINO2S. The fourth-order valence-corrected chi connectivity index (χ4v) is 3.73. The van der Waals surface area contributed by atoms with E-state index in [1.54, 1.807) is 17.4 Å². The van der Waals surface area contributed by atoms with Gasteiger partial charge in [-0.25, -0.2) is 0 Å². The summed E-state index contributed by atoms with van der Waals surface area (Å²) in [4.78, 5) is 10.3. The van der Waals surface area contributed by atoms with Crippen molar-refractivity contribution in [2.45, 2.75) is 0 Å². The largest absolute Gasteiger partial charge is 0.284 e. The Morgan fingerprint density at radius 1 is 1.50 bits per heavy atom. The lowest BCUT2D eigenvalue weighted by atomic mass is 10.2. The number of benzene rings is 1. The Hall–Kier alpha value is -0.210. The van der Waals surface area contributed by atoms with Crippen LogP contribution in [0.25, 0.3) is 10.1 Å². The van der Waals surface area contributed by atoms with Gasteiger partial charge in [0.25, 0.3) is 5.69 Å². The first-order valence-electron chi connectivity index (χ1n) is 3.61. The van der Waals surface area contributed by atoms with E-state index in [0.29, 0.717) is 4.47 Å². The number of fused-ring (bicyclic) bond motifs is 1. The first kappa shape index (κ1) is 10.3. The van der Waals surface area contributed by atoms with Crippen molar-refractivity contribution in [1.82, 2.24) is 0 Å². The molecule has 6 heteroatoms. The van der Waals surface area contributed by atoms with Crippen LogP contribution in [-0.2, 0) is 0 Å². The van der Waals surface area contributed by atoms with Crippen LogP contribution < -0.4 is 0 Å².